The summed E-state index contributed by atoms with van der Waals surface area (Å²) >= 11 is 10.1. The van der Waals surface area contributed by atoms with Gasteiger partial charge in [-0.25, -0.2) is 14.6 Å². The lowest BCUT2D eigenvalue weighted by Crippen LogP contribution is -2.71. The quantitative estimate of drug-likeness (QED) is 0.109. The maximum Gasteiger partial charge on any atom is 0.356 e. The van der Waals surface area contributed by atoms with Crippen LogP contribution in [0.5, 0.6) is 0 Å². The lowest BCUT2D eigenvalue weighted by atomic mass is 10.0. The minimum Gasteiger partial charge on any atom is -0.457 e. The number of anilines is 1. The molecule has 3 heterocycles. The Hall–Kier alpha value is -4.05. The van der Waals surface area contributed by atoms with E-state index in [1.807, 2.05) is 67.6 Å². The molecule has 1 fully saturated rings. The number of thioether (sulfide) groups is 2. The number of nitrogens with one attached hydrogen (secondary N) is 1. The molecular weight excluding hydrogens is 710 g/mol. The van der Waals surface area contributed by atoms with Gasteiger partial charge in [-0.1, -0.05) is 95.7 Å². The summed E-state index contributed by atoms with van der Waals surface area (Å²) in [6.45, 7) is 6.45. The molecule has 2 amide bonds. The number of thiazole rings is 1. The fourth-order valence-electron chi connectivity index (χ4n) is 5.00. The zero-order chi connectivity index (χ0) is 35.3. The number of rotatable bonds is 12. The number of amides is 2. The molecule has 49 heavy (non-hydrogen) atoms. The molecule has 0 spiro atoms. The molecule has 0 aliphatic carbocycles. The molecule has 1 unspecified atom stereocenters. The van der Waals surface area contributed by atoms with Gasteiger partial charge in [0.1, 0.15) is 32.7 Å². The van der Waals surface area contributed by atoms with Gasteiger partial charge in [0.15, 0.2) is 16.9 Å². The molecule has 2 aliphatic rings. The number of halogens is 1. The minimum absolute atomic E-state index is 0.0569. The van der Waals surface area contributed by atoms with Crippen LogP contribution in [0.4, 0.5) is 5.13 Å². The first-order chi connectivity index (χ1) is 23.4. The van der Waals surface area contributed by atoms with Crippen LogP contribution in [0.15, 0.2) is 76.4 Å². The summed E-state index contributed by atoms with van der Waals surface area (Å²) in [5.74, 6) is -1.64. The zero-order valence-electron chi connectivity index (χ0n) is 27.0. The van der Waals surface area contributed by atoms with Gasteiger partial charge >= 0.3 is 11.9 Å². The van der Waals surface area contributed by atoms with Crippen molar-refractivity contribution >= 4 is 81.1 Å². The third kappa shape index (κ3) is 8.58. The number of β-lactam (4-membered cyclic amide) rings is 1. The third-order valence-corrected chi connectivity index (χ3v) is 10.5. The first kappa shape index (κ1) is 36.2. The van der Waals surface area contributed by atoms with Crippen LogP contribution in [-0.4, -0.2) is 74.5 Å². The molecule has 3 aromatic rings. The van der Waals surface area contributed by atoms with Gasteiger partial charge in [0.05, 0.1) is 0 Å². The van der Waals surface area contributed by atoms with E-state index in [4.69, 9.17) is 31.6 Å². The third-order valence-electron chi connectivity index (χ3n) is 6.96. The predicted molar refractivity (Wildman–Crippen MR) is 191 cm³/mol. The average Bonchev–Trinajstić information content (AvgIpc) is 3.40. The highest BCUT2D eigenvalue weighted by Crippen LogP contribution is 2.44. The molecule has 258 valence electrons. The van der Waals surface area contributed by atoms with Gasteiger partial charge < -0.3 is 25.4 Å². The molecule has 16 heteroatoms. The molecule has 2 aliphatic heterocycles. The molecule has 1 aromatic heterocycles. The zero-order valence-corrected chi connectivity index (χ0v) is 30.2. The Morgan fingerprint density at radius 1 is 1.12 bits per heavy atom. The van der Waals surface area contributed by atoms with Crippen LogP contribution in [0, 0.1) is 0 Å². The van der Waals surface area contributed by atoms with Gasteiger partial charge in [0, 0.05) is 10.7 Å². The van der Waals surface area contributed by atoms with E-state index < -0.39 is 53.5 Å². The van der Waals surface area contributed by atoms with Gasteiger partial charge in [-0.2, -0.15) is 0 Å². The van der Waals surface area contributed by atoms with E-state index in [0.29, 0.717) is 16.4 Å². The van der Waals surface area contributed by atoms with Crippen molar-refractivity contribution in [1.29, 1.82) is 0 Å². The van der Waals surface area contributed by atoms with Crippen molar-refractivity contribution in [2.24, 2.45) is 5.16 Å². The highest BCUT2D eigenvalue weighted by molar-refractivity contribution is 8.06. The standard InChI is InChI=1S/C33H34ClN5O7S3/c1-5-47-20-17-48-30-24(36-28(41)23(22-27(34)49-32(35)37-22)38-44-16-21(40)46-33(2,3)4)29(42)39(30)25(20)31(43)45-26(18-12-8-6-9-13-18)19-14-10-7-11-15-19/h6-15,24,26,30H,5,16-17H2,1-4H3,(H2,35,37)(H,36,41)/t24?,30-/m0/s1. The Balaban J connectivity index is 1.37. The van der Waals surface area contributed by atoms with E-state index in [1.165, 1.54) is 28.4 Å². The second-order valence-electron chi connectivity index (χ2n) is 11.6. The van der Waals surface area contributed by atoms with Crippen molar-refractivity contribution in [1.82, 2.24) is 15.2 Å². The number of benzene rings is 2. The van der Waals surface area contributed by atoms with Crippen LogP contribution in [0.3, 0.4) is 0 Å². The summed E-state index contributed by atoms with van der Waals surface area (Å²) in [7, 11) is 0. The summed E-state index contributed by atoms with van der Waals surface area (Å²) in [5, 5.41) is 5.97. The number of aromatic nitrogens is 1. The van der Waals surface area contributed by atoms with Gasteiger partial charge in [-0.05, 0) is 37.7 Å². The number of hydrogen-bond donors (Lipinski definition) is 2. The molecule has 5 rings (SSSR count). The van der Waals surface area contributed by atoms with E-state index in [9.17, 15) is 19.2 Å². The number of carbonyl (C=O) groups excluding carboxylic acids is 4. The Labute approximate surface area is 300 Å². The molecule has 0 bridgehead atoms. The van der Waals surface area contributed by atoms with Crippen LogP contribution >= 0.6 is 46.5 Å². The van der Waals surface area contributed by atoms with Crippen molar-refractivity contribution in [2.75, 3.05) is 23.8 Å². The first-order valence-corrected chi connectivity index (χ1v) is 18.4. The Kier molecular flexibility index (Phi) is 11.6. The Morgan fingerprint density at radius 3 is 2.31 bits per heavy atom. The van der Waals surface area contributed by atoms with E-state index in [2.05, 4.69) is 15.5 Å². The summed E-state index contributed by atoms with van der Waals surface area (Å²) in [4.78, 5) is 64.8. The number of esters is 2. The summed E-state index contributed by atoms with van der Waals surface area (Å²) in [5.41, 5.74) is 6.27. The number of carbonyl (C=O) groups is 4. The first-order valence-electron chi connectivity index (χ1n) is 15.1. The van der Waals surface area contributed by atoms with Crippen LogP contribution in [0.25, 0.3) is 0 Å². The predicted octanol–water partition coefficient (Wildman–Crippen LogP) is 5.14. The summed E-state index contributed by atoms with van der Waals surface area (Å²) in [6, 6.07) is 17.7. The van der Waals surface area contributed by atoms with E-state index in [-0.39, 0.29) is 26.6 Å². The number of ether oxygens (including phenoxy) is 2. The van der Waals surface area contributed by atoms with E-state index in [0.717, 1.165) is 22.5 Å². The number of hydrogen-bond acceptors (Lipinski definition) is 13. The topological polar surface area (TPSA) is 163 Å². The molecule has 2 atom stereocenters. The number of nitrogen functional groups attached to an aromatic ring is 1. The van der Waals surface area contributed by atoms with Crippen molar-refractivity contribution in [3.8, 4) is 0 Å². The van der Waals surface area contributed by atoms with Crippen LogP contribution in [-0.2, 0) is 33.5 Å². The normalized spacial score (nSPS) is 17.7. The van der Waals surface area contributed by atoms with Crippen molar-refractivity contribution in [2.45, 2.75) is 50.8 Å². The lowest BCUT2D eigenvalue weighted by Gasteiger charge is -2.49. The Morgan fingerprint density at radius 2 is 1.76 bits per heavy atom. The summed E-state index contributed by atoms with van der Waals surface area (Å²) in [6.07, 6.45) is -0.718. The van der Waals surface area contributed by atoms with Crippen molar-refractivity contribution in [3.63, 3.8) is 0 Å². The molecule has 0 saturated carbocycles. The lowest BCUT2D eigenvalue weighted by molar-refractivity contribution is -0.160. The second kappa shape index (κ2) is 15.7. The highest BCUT2D eigenvalue weighted by atomic mass is 35.5. The molecular formula is C33H34ClN5O7S3. The van der Waals surface area contributed by atoms with Gasteiger partial charge in [-0.15, -0.1) is 23.5 Å². The van der Waals surface area contributed by atoms with Gasteiger partial charge in [0.25, 0.3) is 11.8 Å². The average molecular weight is 744 g/mol. The monoisotopic (exact) mass is 743 g/mol. The maximum absolute atomic E-state index is 14.0. The molecule has 2 aromatic carbocycles. The molecule has 1 saturated heterocycles. The fraction of sp³-hybridized carbons (Fsp3) is 0.333. The van der Waals surface area contributed by atoms with Gasteiger partial charge in [0.2, 0.25) is 6.61 Å². The minimum atomic E-state index is -1.03. The molecule has 3 N–H and O–H groups in total. The fourth-order valence-corrected chi connectivity index (χ4v) is 8.33. The number of nitrogens with zero attached hydrogens (tertiary/aromatic N) is 3. The summed E-state index contributed by atoms with van der Waals surface area (Å²) < 4.78 is 11.4. The number of oxime groups is 1. The molecule has 0 radical (unpaired) electrons. The maximum atomic E-state index is 14.0. The van der Waals surface area contributed by atoms with E-state index >= 15 is 0 Å². The SMILES string of the molecule is CCSC1=C(C(=O)OC(c2ccccc2)c2ccccc2)N2C(=O)C(NC(=O)C(=NOCC(=O)OC(C)(C)C)c3nc(N)sc3Cl)[C@@H]2SC1. The van der Waals surface area contributed by atoms with Crippen LogP contribution in [0.2, 0.25) is 4.34 Å². The van der Waals surface area contributed by atoms with Gasteiger partial charge in [-0.3, -0.25) is 14.5 Å². The van der Waals surface area contributed by atoms with E-state index in [1.54, 1.807) is 20.8 Å². The Bertz CT molecular complexity index is 1740. The highest BCUT2D eigenvalue weighted by Gasteiger charge is 2.55. The largest absolute Gasteiger partial charge is 0.457 e. The van der Waals surface area contributed by atoms with Crippen LogP contribution < -0.4 is 11.1 Å². The number of fused-ring (bicyclic) bond motifs is 1. The van der Waals surface area contributed by atoms with Crippen LogP contribution in [0.1, 0.15) is 50.6 Å². The van der Waals surface area contributed by atoms with Crippen molar-refractivity contribution in [3.05, 3.63) is 92.4 Å². The smallest absolute Gasteiger partial charge is 0.356 e. The molecule has 12 nitrogen and oxygen atoms in total. The van der Waals surface area contributed by atoms with Crippen molar-refractivity contribution < 1.29 is 33.5 Å². The number of nitrogens with two attached hydrogens (primary N) is 1. The second-order valence-corrected chi connectivity index (χ2v) is 15.7.